The molecule has 1 aliphatic carbocycles. The van der Waals surface area contributed by atoms with Gasteiger partial charge in [-0.15, -0.1) is 0 Å². The summed E-state index contributed by atoms with van der Waals surface area (Å²) in [6.07, 6.45) is 4.35. The van der Waals surface area contributed by atoms with Crippen molar-refractivity contribution < 1.29 is 4.79 Å². The van der Waals surface area contributed by atoms with Gasteiger partial charge in [-0.1, -0.05) is 32.9 Å². The van der Waals surface area contributed by atoms with Gasteiger partial charge in [-0.2, -0.15) is 0 Å². The van der Waals surface area contributed by atoms with Crippen molar-refractivity contribution in [1.29, 1.82) is 0 Å². The van der Waals surface area contributed by atoms with E-state index in [1.807, 2.05) is 24.3 Å². The van der Waals surface area contributed by atoms with Crippen LogP contribution in [0.15, 0.2) is 24.3 Å². The Kier molecular flexibility index (Phi) is 3.03. The molecule has 108 valence electrons. The summed E-state index contributed by atoms with van der Waals surface area (Å²) < 4.78 is 0. The Balaban J connectivity index is 1.79. The Bertz CT molecular complexity index is 522. The number of hydrogen-bond donors (Lipinski definition) is 2. The molecule has 1 spiro atoms. The summed E-state index contributed by atoms with van der Waals surface area (Å²) >= 11 is 0. The van der Waals surface area contributed by atoms with E-state index in [4.69, 9.17) is 0 Å². The van der Waals surface area contributed by atoms with Crippen LogP contribution in [0, 0.1) is 11.3 Å². The van der Waals surface area contributed by atoms with Crippen LogP contribution in [0.4, 0.5) is 5.69 Å². The largest absolute Gasteiger partial charge is 0.362 e. The highest BCUT2D eigenvalue weighted by molar-refractivity contribution is 6.02. The minimum atomic E-state index is -0.229. The van der Waals surface area contributed by atoms with Crippen LogP contribution in [0.5, 0.6) is 0 Å². The summed E-state index contributed by atoms with van der Waals surface area (Å²) in [4.78, 5) is 12.3. The molecule has 1 fully saturated rings. The third kappa shape index (κ3) is 2.30. The zero-order chi connectivity index (χ0) is 14.4. The maximum absolute atomic E-state index is 12.3. The lowest BCUT2D eigenvalue weighted by atomic mass is 9.69. The van der Waals surface area contributed by atoms with E-state index in [9.17, 15) is 4.79 Å². The minimum Gasteiger partial charge on any atom is -0.362 e. The second-order valence-electron chi connectivity index (χ2n) is 7.35. The highest BCUT2D eigenvalue weighted by atomic mass is 16.2. The first-order valence-corrected chi connectivity index (χ1v) is 7.59. The fourth-order valence-corrected chi connectivity index (χ4v) is 3.59. The molecule has 3 heteroatoms. The molecule has 3 rings (SSSR count). The standard InChI is InChI=1S/C17H24N2O/c1-16(2,3)12-8-10-17(11-9-12)18-14-7-5-4-6-13(14)15(20)19-17/h4-7,12,18H,8-11H2,1-3H3,(H,19,20). The number of carbonyl (C=O) groups is 1. The van der Waals surface area contributed by atoms with Crippen molar-refractivity contribution in [3.63, 3.8) is 0 Å². The maximum Gasteiger partial charge on any atom is 0.255 e. The molecule has 3 nitrogen and oxygen atoms in total. The Labute approximate surface area is 121 Å². The van der Waals surface area contributed by atoms with Gasteiger partial charge in [0.15, 0.2) is 0 Å². The lowest BCUT2D eigenvalue weighted by molar-refractivity contribution is 0.0808. The molecule has 20 heavy (non-hydrogen) atoms. The predicted octanol–water partition coefficient (Wildman–Crippen LogP) is 3.77. The van der Waals surface area contributed by atoms with Gasteiger partial charge in [0.1, 0.15) is 5.66 Å². The van der Waals surface area contributed by atoms with E-state index in [2.05, 4.69) is 31.4 Å². The van der Waals surface area contributed by atoms with Crippen molar-refractivity contribution in [1.82, 2.24) is 5.32 Å². The molecule has 1 aromatic carbocycles. The highest BCUT2D eigenvalue weighted by Gasteiger charge is 2.42. The number of carbonyl (C=O) groups excluding carboxylic acids is 1. The van der Waals surface area contributed by atoms with E-state index in [1.165, 1.54) is 12.8 Å². The third-order valence-corrected chi connectivity index (χ3v) is 4.96. The molecule has 0 unspecified atom stereocenters. The van der Waals surface area contributed by atoms with Crippen molar-refractivity contribution in [3.8, 4) is 0 Å². The topological polar surface area (TPSA) is 41.1 Å². The van der Waals surface area contributed by atoms with Crippen molar-refractivity contribution in [2.75, 3.05) is 5.32 Å². The smallest absolute Gasteiger partial charge is 0.255 e. The second-order valence-corrected chi connectivity index (χ2v) is 7.35. The summed E-state index contributed by atoms with van der Waals surface area (Å²) in [5.41, 5.74) is 1.87. The zero-order valence-corrected chi connectivity index (χ0v) is 12.6. The molecule has 0 saturated heterocycles. The molecular formula is C17H24N2O. The van der Waals surface area contributed by atoms with Crippen molar-refractivity contribution in [2.24, 2.45) is 11.3 Å². The summed E-state index contributed by atoms with van der Waals surface area (Å²) in [7, 11) is 0. The highest BCUT2D eigenvalue weighted by Crippen LogP contribution is 2.43. The van der Waals surface area contributed by atoms with Crippen LogP contribution in [0.1, 0.15) is 56.8 Å². The SMILES string of the molecule is CC(C)(C)C1CCC2(CC1)NC(=O)c1ccccc1N2. The van der Waals surface area contributed by atoms with E-state index in [0.717, 1.165) is 30.0 Å². The fourth-order valence-electron chi connectivity index (χ4n) is 3.59. The van der Waals surface area contributed by atoms with Crippen LogP contribution < -0.4 is 10.6 Å². The number of amides is 1. The first-order chi connectivity index (χ1) is 9.40. The average Bonchev–Trinajstić information content (AvgIpc) is 2.38. The summed E-state index contributed by atoms with van der Waals surface area (Å²) in [6, 6.07) is 7.78. The van der Waals surface area contributed by atoms with Crippen LogP contribution in [0.3, 0.4) is 0 Å². The van der Waals surface area contributed by atoms with Gasteiger partial charge >= 0.3 is 0 Å². The van der Waals surface area contributed by atoms with E-state index < -0.39 is 0 Å². The molecule has 1 amide bonds. The lowest BCUT2D eigenvalue weighted by Crippen LogP contribution is -2.59. The molecule has 1 aliphatic heterocycles. The van der Waals surface area contributed by atoms with Gasteiger partial charge in [0, 0.05) is 5.69 Å². The summed E-state index contributed by atoms with van der Waals surface area (Å²) in [5.74, 6) is 0.803. The molecule has 0 aromatic heterocycles. The van der Waals surface area contributed by atoms with Crippen LogP contribution in [-0.2, 0) is 0 Å². The van der Waals surface area contributed by atoms with Crippen molar-refractivity contribution in [2.45, 2.75) is 52.1 Å². The van der Waals surface area contributed by atoms with Crippen molar-refractivity contribution >= 4 is 11.6 Å². The van der Waals surface area contributed by atoms with Gasteiger partial charge in [0.05, 0.1) is 5.56 Å². The van der Waals surface area contributed by atoms with E-state index in [-0.39, 0.29) is 11.6 Å². The number of hydrogen-bond acceptors (Lipinski definition) is 2. The van der Waals surface area contributed by atoms with Crippen LogP contribution in [0.25, 0.3) is 0 Å². The number of rotatable bonds is 0. The van der Waals surface area contributed by atoms with Gasteiger partial charge < -0.3 is 10.6 Å². The normalized spacial score (nSPS) is 29.6. The van der Waals surface area contributed by atoms with Gasteiger partial charge in [-0.25, -0.2) is 0 Å². The molecular weight excluding hydrogens is 248 g/mol. The van der Waals surface area contributed by atoms with Crippen LogP contribution in [0.2, 0.25) is 0 Å². The van der Waals surface area contributed by atoms with E-state index in [1.54, 1.807) is 0 Å². The second kappa shape index (κ2) is 4.51. The van der Waals surface area contributed by atoms with Crippen molar-refractivity contribution in [3.05, 3.63) is 29.8 Å². The first-order valence-electron chi connectivity index (χ1n) is 7.59. The zero-order valence-electron chi connectivity index (χ0n) is 12.6. The molecule has 2 aliphatic rings. The molecule has 0 bridgehead atoms. The number of anilines is 1. The number of para-hydroxylation sites is 1. The van der Waals surface area contributed by atoms with Gasteiger partial charge in [0.2, 0.25) is 0 Å². The number of fused-ring (bicyclic) bond motifs is 1. The quantitative estimate of drug-likeness (QED) is 0.754. The number of benzene rings is 1. The van der Waals surface area contributed by atoms with E-state index in [0.29, 0.717) is 5.41 Å². The third-order valence-electron chi connectivity index (χ3n) is 4.96. The van der Waals surface area contributed by atoms with Gasteiger partial charge in [0.25, 0.3) is 5.91 Å². The molecule has 1 heterocycles. The Morgan fingerprint density at radius 3 is 2.40 bits per heavy atom. The Morgan fingerprint density at radius 1 is 1.10 bits per heavy atom. The minimum absolute atomic E-state index is 0.0635. The fraction of sp³-hybridized carbons (Fsp3) is 0.588. The van der Waals surface area contributed by atoms with E-state index >= 15 is 0 Å². The van der Waals surface area contributed by atoms with Gasteiger partial charge in [-0.3, -0.25) is 4.79 Å². The predicted molar refractivity (Wildman–Crippen MR) is 81.7 cm³/mol. The Hall–Kier alpha value is -1.51. The molecule has 1 aromatic rings. The summed E-state index contributed by atoms with van der Waals surface area (Å²) in [6.45, 7) is 6.95. The molecule has 0 radical (unpaired) electrons. The van der Waals surface area contributed by atoms with Crippen LogP contribution >= 0.6 is 0 Å². The molecule has 2 N–H and O–H groups in total. The summed E-state index contributed by atoms with van der Waals surface area (Å²) in [5, 5.41) is 6.79. The monoisotopic (exact) mass is 272 g/mol. The average molecular weight is 272 g/mol. The number of nitrogens with one attached hydrogen (secondary N) is 2. The Morgan fingerprint density at radius 2 is 1.75 bits per heavy atom. The van der Waals surface area contributed by atoms with Crippen LogP contribution in [-0.4, -0.2) is 11.6 Å². The molecule has 1 saturated carbocycles. The maximum atomic E-state index is 12.3. The van der Waals surface area contributed by atoms with Gasteiger partial charge in [-0.05, 0) is 49.1 Å². The molecule has 0 atom stereocenters. The first kappa shape index (κ1) is 13.5. The lowest BCUT2D eigenvalue weighted by Gasteiger charge is -2.47.